The van der Waals surface area contributed by atoms with E-state index in [1.54, 1.807) is 14.2 Å². The zero-order valence-electron chi connectivity index (χ0n) is 7.69. The number of aliphatic hydroxyl groups is 2. The van der Waals surface area contributed by atoms with Crippen LogP contribution in [0.1, 0.15) is 12.8 Å². The highest BCUT2D eigenvalue weighted by Crippen LogP contribution is 2.05. The van der Waals surface area contributed by atoms with Gasteiger partial charge in [-0.25, -0.2) is 0 Å². The molecule has 0 heterocycles. The Morgan fingerprint density at radius 3 is 1.42 bits per heavy atom. The lowest BCUT2D eigenvalue weighted by Gasteiger charge is -2.16. The number of methoxy groups -OCH3 is 2. The first-order valence-corrected chi connectivity index (χ1v) is 4.05. The topological polar surface area (TPSA) is 58.9 Å². The largest absolute Gasteiger partial charge is 0.394 e. The van der Waals surface area contributed by atoms with Gasteiger partial charge in [0.15, 0.2) is 0 Å². The second-order valence-corrected chi connectivity index (χ2v) is 2.66. The summed E-state index contributed by atoms with van der Waals surface area (Å²) in [6.07, 6.45) is 1.11. The van der Waals surface area contributed by atoms with Crippen molar-refractivity contribution in [2.75, 3.05) is 27.4 Å². The molecule has 74 valence electrons. The zero-order chi connectivity index (χ0) is 9.40. The first-order valence-electron chi connectivity index (χ1n) is 4.05. The number of aliphatic hydroxyl groups excluding tert-OH is 2. The van der Waals surface area contributed by atoms with Crippen molar-refractivity contribution in [1.29, 1.82) is 0 Å². The maximum Gasteiger partial charge on any atom is 0.0802 e. The molecule has 4 heteroatoms. The lowest BCUT2D eigenvalue weighted by atomic mass is 10.1. The molecule has 0 aromatic heterocycles. The van der Waals surface area contributed by atoms with Gasteiger partial charge >= 0.3 is 0 Å². The van der Waals surface area contributed by atoms with Crippen LogP contribution >= 0.6 is 0 Å². The van der Waals surface area contributed by atoms with Crippen molar-refractivity contribution in [1.82, 2.24) is 0 Å². The second-order valence-electron chi connectivity index (χ2n) is 2.66. The molecule has 4 nitrogen and oxygen atoms in total. The molecule has 0 rings (SSSR count). The van der Waals surface area contributed by atoms with E-state index in [-0.39, 0.29) is 25.4 Å². The quantitative estimate of drug-likeness (QED) is 0.566. The fourth-order valence-electron chi connectivity index (χ4n) is 0.939. The average Bonchev–Trinajstić information content (AvgIpc) is 2.13. The van der Waals surface area contributed by atoms with Crippen molar-refractivity contribution < 1.29 is 19.7 Å². The van der Waals surface area contributed by atoms with Crippen molar-refractivity contribution in [3.05, 3.63) is 0 Å². The Balaban J connectivity index is 3.49. The van der Waals surface area contributed by atoms with Gasteiger partial charge in [-0.1, -0.05) is 0 Å². The monoisotopic (exact) mass is 178 g/mol. The summed E-state index contributed by atoms with van der Waals surface area (Å²) in [6.45, 7) is 0.0245. The van der Waals surface area contributed by atoms with E-state index < -0.39 is 0 Å². The van der Waals surface area contributed by atoms with Crippen molar-refractivity contribution in [3.63, 3.8) is 0 Å². The third-order valence-corrected chi connectivity index (χ3v) is 1.88. The predicted octanol–water partition coefficient (Wildman–Crippen LogP) is -0.219. The minimum atomic E-state index is -0.144. The van der Waals surface area contributed by atoms with Gasteiger partial charge in [0.2, 0.25) is 0 Å². The molecular weight excluding hydrogens is 160 g/mol. The third kappa shape index (κ3) is 4.66. The van der Waals surface area contributed by atoms with E-state index in [0.717, 1.165) is 0 Å². The van der Waals surface area contributed by atoms with Gasteiger partial charge in [0.25, 0.3) is 0 Å². The number of hydrogen-bond donors (Lipinski definition) is 2. The summed E-state index contributed by atoms with van der Waals surface area (Å²) in [4.78, 5) is 0. The molecule has 0 radical (unpaired) electrons. The Labute approximate surface area is 73.1 Å². The van der Waals surface area contributed by atoms with E-state index >= 15 is 0 Å². The summed E-state index contributed by atoms with van der Waals surface area (Å²) >= 11 is 0. The number of ether oxygens (including phenoxy) is 2. The molecule has 0 amide bonds. The third-order valence-electron chi connectivity index (χ3n) is 1.88. The van der Waals surface area contributed by atoms with E-state index in [9.17, 15) is 0 Å². The van der Waals surface area contributed by atoms with Gasteiger partial charge in [0.05, 0.1) is 25.4 Å². The molecule has 0 aromatic carbocycles. The highest BCUT2D eigenvalue weighted by Gasteiger charge is 2.10. The lowest BCUT2D eigenvalue weighted by Crippen LogP contribution is -2.21. The number of hydrogen-bond acceptors (Lipinski definition) is 4. The molecule has 0 fully saturated rings. The molecule has 0 spiro atoms. The molecule has 2 atom stereocenters. The van der Waals surface area contributed by atoms with Crippen LogP contribution in [0.25, 0.3) is 0 Å². The summed E-state index contributed by atoms with van der Waals surface area (Å²) in [7, 11) is 3.11. The molecule has 12 heavy (non-hydrogen) atoms. The van der Waals surface area contributed by atoms with Crippen molar-refractivity contribution >= 4 is 0 Å². The Morgan fingerprint density at radius 2 is 1.25 bits per heavy atom. The molecule has 0 aliphatic heterocycles. The normalized spacial score (nSPS) is 16.0. The van der Waals surface area contributed by atoms with Gasteiger partial charge in [-0.15, -0.1) is 0 Å². The van der Waals surface area contributed by atoms with Gasteiger partial charge in [0.1, 0.15) is 0 Å². The highest BCUT2D eigenvalue weighted by molar-refractivity contribution is 4.61. The molecule has 0 aliphatic rings. The molecule has 0 saturated heterocycles. The van der Waals surface area contributed by atoms with Gasteiger partial charge in [0, 0.05) is 14.2 Å². The molecule has 2 N–H and O–H groups in total. The Bertz CT molecular complexity index is 77.1. The Hall–Kier alpha value is -0.160. The maximum atomic E-state index is 8.76. The SMILES string of the molecule is COC(CO)CCC(CO)OC. The zero-order valence-corrected chi connectivity index (χ0v) is 7.69. The van der Waals surface area contributed by atoms with E-state index in [4.69, 9.17) is 19.7 Å². The second kappa shape index (κ2) is 7.49. The smallest absolute Gasteiger partial charge is 0.0802 e. The van der Waals surface area contributed by atoms with Crippen LogP contribution in [-0.2, 0) is 9.47 Å². The van der Waals surface area contributed by atoms with Crippen LogP contribution in [0.4, 0.5) is 0 Å². The maximum absolute atomic E-state index is 8.76. The van der Waals surface area contributed by atoms with Gasteiger partial charge < -0.3 is 19.7 Å². The first-order chi connectivity index (χ1) is 5.78. The van der Waals surface area contributed by atoms with Crippen molar-refractivity contribution in [2.24, 2.45) is 0 Å². The molecule has 0 aliphatic carbocycles. The van der Waals surface area contributed by atoms with Crippen LogP contribution in [0.5, 0.6) is 0 Å². The van der Waals surface area contributed by atoms with E-state index in [0.29, 0.717) is 12.8 Å². The van der Waals surface area contributed by atoms with Gasteiger partial charge in [-0.05, 0) is 12.8 Å². The predicted molar refractivity (Wildman–Crippen MR) is 45.0 cm³/mol. The van der Waals surface area contributed by atoms with Gasteiger partial charge in [-0.2, -0.15) is 0 Å². The summed E-state index contributed by atoms with van der Waals surface area (Å²) < 4.78 is 9.90. The molecule has 2 unspecified atom stereocenters. The molecule has 0 aromatic rings. The standard InChI is InChI=1S/C8H18O4/c1-11-7(5-9)3-4-8(6-10)12-2/h7-10H,3-6H2,1-2H3. The van der Waals surface area contributed by atoms with Crippen LogP contribution in [0.3, 0.4) is 0 Å². The summed E-state index contributed by atoms with van der Waals surface area (Å²) in [5, 5.41) is 17.5. The van der Waals surface area contributed by atoms with E-state index in [1.807, 2.05) is 0 Å². The molecular formula is C8H18O4. The minimum Gasteiger partial charge on any atom is -0.394 e. The fraction of sp³-hybridized carbons (Fsp3) is 1.00. The summed E-state index contributed by atoms with van der Waals surface area (Å²) in [5.41, 5.74) is 0. The molecule has 0 saturated carbocycles. The fourth-order valence-corrected chi connectivity index (χ4v) is 0.939. The Kier molecular flexibility index (Phi) is 7.39. The summed E-state index contributed by atoms with van der Waals surface area (Å²) in [5.74, 6) is 0. The van der Waals surface area contributed by atoms with Crippen LogP contribution in [0.15, 0.2) is 0 Å². The van der Waals surface area contributed by atoms with E-state index in [2.05, 4.69) is 0 Å². The summed E-state index contributed by atoms with van der Waals surface area (Å²) in [6, 6.07) is 0. The van der Waals surface area contributed by atoms with Crippen molar-refractivity contribution in [3.8, 4) is 0 Å². The first kappa shape index (κ1) is 11.8. The minimum absolute atomic E-state index is 0.0123. The average molecular weight is 178 g/mol. The Morgan fingerprint density at radius 1 is 0.917 bits per heavy atom. The van der Waals surface area contributed by atoms with E-state index in [1.165, 1.54) is 0 Å². The van der Waals surface area contributed by atoms with Crippen LogP contribution in [-0.4, -0.2) is 49.9 Å². The van der Waals surface area contributed by atoms with Crippen LogP contribution in [0, 0.1) is 0 Å². The molecule has 0 bridgehead atoms. The highest BCUT2D eigenvalue weighted by atomic mass is 16.5. The lowest BCUT2D eigenvalue weighted by molar-refractivity contribution is 0.00724. The van der Waals surface area contributed by atoms with Crippen LogP contribution in [0.2, 0.25) is 0 Å². The number of rotatable bonds is 7. The van der Waals surface area contributed by atoms with Gasteiger partial charge in [-0.3, -0.25) is 0 Å². The van der Waals surface area contributed by atoms with Crippen molar-refractivity contribution in [2.45, 2.75) is 25.0 Å². The van der Waals surface area contributed by atoms with Crippen LogP contribution < -0.4 is 0 Å².